The molecule has 1 spiro atoms. The Bertz CT molecular complexity index is 700. The Morgan fingerprint density at radius 3 is 2.11 bits per heavy atom. The van der Waals surface area contributed by atoms with Gasteiger partial charge in [-0.15, -0.1) is 0 Å². The minimum atomic E-state index is -0.486. The van der Waals surface area contributed by atoms with Gasteiger partial charge in [-0.25, -0.2) is 0 Å². The summed E-state index contributed by atoms with van der Waals surface area (Å²) in [6, 6.07) is 21.0. The van der Waals surface area contributed by atoms with Crippen LogP contribution in [-0.4, -0.2) is 22.9 Å². The number of ether oxygens (including phenoxy) is 3. The van der Waals surface area contributed by atoms with E-state index in [0.29, 0.717) is 0 Å². The van der Waals surface area contributed by atoms with Gasteiger partial charge < -0.3 is 14.2 Å². The van der Waals surface area contributed by atoms with Gasteiger partial charge in [0.1, 0.15) is 12.2 Å². The van der Waals surface area contributed by atoms with Gasteiger partial charge in [-0.05, 0) is 30.4 Å². The van der Waals surface area contributed by atoms with Crippen LogP contribution in [0.4, 0.5) is 0 Å². The summed E-state index contributed by atoms with van der Waals surface area (Å²) in [5, 5.41) is 0. The Balaban J connectivity index is 1.75. The lowest BCUT2D eigenvalue weighted by Crippen LogP contribution is -2.44. The van der Waals surface area contributed by atoms with Crippen molar-refractivity contribution in [3.8, 4) is 0 Å². The van der Waals surface area contributed by atoms with Crippen molar-refractivity contribution >= 4 is 22.6 Å². The number of hydrogen-bond acceptors (Lipinski definition) is 3. The highest BCUT2D eigenvalue weighted by Crippen LogP contribution is 2.45. The normalized spacial score (nSPS) is 32.0. The van der Waals surface area contributed by atoms with Gasteiger partial charge in [0.2, 0.25) is 0 Å². The van der Waals surface area contributed by atoms with E-state index in [-0.39, 0.29) is 18.3 Å². The molecule has 2 saturated heterocycles. The molecule has 27 heavy (non-hydrogen) atoms. The highest BCUT2D eigenvalue weighted by atomic mass is 127. The monoisotopic (exact) mass is 478 g/mol. The molecule has 0 bridgehead atoms. The maximum atomic E-state index is 6.82. The van der Waals surface area contributed by atoms with Crippen LogP contribution in [-0.2, 0) is 14.2 Å². The van der Waals surface area contributed by atoms with E-state index in [1.807, 2.05) is 12.1 Å². The predicted molar refractivity (Wildman–Crippen MR) is 115 cm³/mol. The lowest BCUT2D eigenvalue weighted by atomic mass is 9.93. The van der Waals surface area contributed by atoms with Crippen LogP contribution >= 0.6 is 22.6 Å². The Kier molecular flexibility index (Phi) is 6.48. The van der Waals surface area contributed by atoms with Crippen molar-refractivity contribution < 1.29 is 14.2 Å². The lowest BCUT2D eigenvalue weighted by Gasteiger charge is -2.45. The fraction of sp³-hybridized carbons (Fsp3) is 0.478. The fourth-order valence-corrected chi connectivity index (χ4v) is 4.74. The summed E-state index contributed by atoms with van der Waals surface area (Å²) < 4.78 is 20.7. The SMILES string of the molecule is IC[C@@H]1CC[C@@]2(CCCCO2)O[C@H](c2ccccc2)[C@@H](c2ccccc2)O1. The second-order valence-corrected chi connectivity index (χ2v) is 8.33. The molecular weight excluding hydrogens is 451 g/mol. The lowest BCUT2D eigenvalue weighted by molar-refractivity contribution is -0.310. The molecule has 2 heterocycles. The van der Waals surface area contributed by atoms with Crippen molar-refractivity contribution in [3.05, 3.63) is 71.8 Å². The third kappa shape index (κ3) is 4.56. The van der Waals surface area contributed by atoms with Crippen molar-refractivity contribution in [2.45, 2.75) is 56.2 Å². The first-order valence-electron chi connectivity index (χ1n) is 9.93. The van der Waals surface area contributed by atoms with Crippen LogP contribution in [0.3, 0.4) is 0 Å². The third-order valence-electron chi connectivity index (χ3n) is 5.55. The molecule has 2 aromatic rings. The standard InChI is InChI=1S/C23H27IO3/c24-17-20-13-15-23(14-7-8-16-25-23)27-22(19-11-5-2-6-12-19)21(26-20)18-9-3-1-4-10-18/h1-6,9-12,20-22H,7-8,13-17H2/t20-,21+,22+,23+/m0/s1. The summed E-state index contributed by atoms with van der Waals surface area (Å²) in [7, 11) is 0. The van der Waals surface area contributed by atoms with Crippen LogP contribution in [0.5, 0.6) is 0 Å². The zero-order valence-corrected chi connectivity index (χ0v) is 17.7. The number of benzene rings is 2. The average Bonchev–Trinajstić information content (AvgIpc) is 2.73. The third-order valence-corrected chi connectivity index (χ3v) is 6.53. The Morgan fingerprint density at radius 2 is 1.52 bits per heavy atom. The van der Waals surface area contributed by atoms with Gasteiger partial charge in [0.15, 0.2) is 5.79 Å². The van der Waals surface area contributed by atoms with E-state index in [4.69, 9.17) is 14.2 Å². The smallest absolute Gasteiger partial charge is 0.169 e. The van der Waals surface area contributed by atoms with E-state index in [9.17, 15) is 0 Å². The first kappa shape index (κ1) is 19.4. The molecule has 2 fully saturated rings. The molecule has 144 valence electrons. The Morgan fingerprint density at radius 1 is 0.852 bits per heavy atom. The number of alkyl halides is 1. The maximum Gasteiger partial charge on any atom is 0.169 e. The van der Waals surface area contributed by atoms with Crippen LogP contribution in [0.25, 0.3) is 0 Å². The van der Waals surface area contributed by atoms with Crippen LogP contribution < -0.4 is 0 Å². The first-order chi connectivity index (χ1) is 13.3. The van der Waals surface area contributed by atoms with Gasteiger partial charge in [0.25, 0.3) is 0 Å². The molecule has 0 aliphatic carbocycles. The highest BCUT2D eigenvalue weighted by Gasteiger charge is 2.43. The van der Waals surface area contributed by atoms with Crippen molar-refractivity contribution in [2.24, 2.45) is 0 Å². The van der Waals surface area contributed by atoms with Crippen LogP contribution in [0, 0.1) is 0 Å². The topological polar surface area (TPSA) is 27.7 Å². The van der Waals surface area contributed by atoms with Crippen LogP contribution in [0.1, 0.15) is 55.4 Å². The van der Waals surface area contributed by atoms with Gasteiger partial charge in [0.05, 0.1) is 12.7 Å². The van der Waals surface area contributed by atoms with Gasteiger partial charge in [-0.3, -0.25) is 0 Å². The molecule has 4 heteroatoms. The Labute approximate surface area is 175 Å². The van der Waals surface area contributed by atoms with Gasteiger partial charge in [-0.1, -0.05) is 83.3 Å². The van der Waals surface area contributed by atoms with E-state index in [0.717, 1.165) is 54.3 Å². The largest absolute Gasteiger partial charge is 0.366 e. The van der Waals surface area contributed by atoms with Crippen LogP contribution in [0.2, 0.25) is 0 Å². The van der Waals surface area contributed by atoms with Crippen molar-refractivity contribution in [1.82, 2.24) is 0 Å². The quantitative estimate of drug-likeness (QED) is 0.400. The molecule has 0 unspecified atom stereocenters. The van der Waals surface area contributed by atoms with Crippen molar-refractivity contribution in [3.63, 3.8) is 0 Å². The van der Waals surface area contributed by atoms with Crippen LogP contribution in [0.15, 0.2) is 60.7 Å². The number of halogens is 1. The molecule has 2 aliphatic heterocycles. The van der Waals surface area contributed by atoms with E-state index in [2.05, 4.69) is 71.1 Å². The number of hydrogen-bond donors (Lipinski definition) is 0. The van der Waals surface area contributed by atoms with Gasteiger partial charge in [0, 0.05) is 17.3 Å². The fourth-order valence-electron chi connectivity index (χ4n) is 4.09. The predicted octanol–water partition coefficient (Wildman–Crippen LogP) is 6.00. The molecule has 0 saturated carbocycles. The van der Waals surface area contributed by atoms with E-state index < -0.39 is 5.79 Å². The summed E-state index contributed by atoms with van der Waals surface area (Å²) in [6.07, 6.45) is 4.98. The molecule has 4 rings (SSSR count). The molecule has 0 amide bonds. The molecule has 0 aromatic heterocycles. The van der Waals surface area contributed by atoms with E-state index >= 15 is 0 Å². The minimum absolute atomic E-state index is 0.143. The highest BCUT2D eigenvalue weighted by molar-refractivity contribution is 14.1. The summed E-state index contributed by atoms with van der Waals surface area (Å²) in [4.78, 5) is 0. The molecule has 3 nitrogen and oxygen atoms in total. The summed E-state index contributed by atoms with van der Waals surface area (Å²) in [6.45, 7) is 0.785. The van der Waals surface area contributed by atoms with Gasteiger partial charge in [-0.2, -0.15) is 0 Å². The molecule has 2 aromatic carbocycles. The average molecular weight is 478 g/mol. The zero-order chi connectivity index (χ0) is 18.5. The maximum absolute atomic E-state index is 6.82. The number of rotatable bonds is 3. The van der Waals surface area contributed by atoms with Crippen molar-refractivity contribution in [1.29, 1.82) is 0 Å². The minimum Gasteiger partial charge on any atom is -0.366 e. The zero-order valence-electron chi connectivity index (χ0n) is 15.6. The molecule has 0 radical (unpaired) electrons. The molecule has 2 aliphatic rings. The summed E-state index contributed by atoms with van der Waals surface area (Å²) in [5.41, 5.74) is 2.31. The first-order valence-corrected chi connectivity index (χ1v) is 11.5. The summed E-state index contributed by atoms with van der Waals surface area (Å²) in [5.74, 6) is -0.486. The second-order valence-electron chi connectivity index (χ2n) is 7.45. The van der Waals surface area contributed by atoms with E-state index in [1.54, 1.807) is 0 Å². The second kappa shape index (κ2) is 9.03. The molecular formula is C23H27IO3. The Hall–Kier alpha value is -0.950. The summed E-state index contributed by atoms with van der Waals surface area (Å²) >= 11 is 2.44. The van der Waals surface area contributed by atoms with Crippen molar-refractivity contribution in [2.75, 3.05) is 11.0 Å². The molecule has 0 N–H and O–H groups in total. The van der Waals surface area contributed by atoms with E-state index in [1.165, 1.54) is 0 Å². The van der Waals surface area contributed by atoms with Gasteiger partial charge >= 0.3 is 0 Å². The molecule has 4 atom stereocenters.